The predicted octanol–water partition coefficient (Wildman–Crippen LogP) is 9.88. The maximum Gasteiger partial charge on any atom is 0.167 e. The fourth-order valence-electron chi connectivity index (χ4n) is 4.15. The number of halogens is 3. The van der Waals surface area contributed by atoms with Gasteiger partial charge in [0.05, 0.1) is 6.61 Å². The molecular weight excluding hydrogens is 469 g/mol. The molecule has 190 valence electrons. The molecule has 0 atom stereocenters. The van der Waals surface area contributed by atoms with Crippen LogP contribution < -0.4 is 4.74 Å². The average Bonchev–Trinajstić information content (AvgIpc) is 2.91. The van der Waals surface area contributed by atoms with Gasteiger partial charge in [0.15, 0.2) is 11.6 Å². The van der Waals surface area contributed by atoms with E-state index >= 15 is 0 Å². The lowest BCUT2D eigenvalue weighted by molar-refractivity contribution is 0.303. The van der Waals surface area contributed by atoms with Gasteiger partial charge in [-0.2, -0.15) is 0 Å². The second-order valence-corrected chi connectivity index (χ2v) is 9.20. The third kappa shape index (κ3) is 6.71. The van der Waals surface area contributed by atoms with Crippen molar-refractivity contribution in [2.45, 2.75) is 39.5 Å². The summed E-state index contributed by atoms with van der Waals surface area (Å²) in [6.07, 6.45) is 7.65. The molecule has 0 amide bonds. The highest BCUT2D eigenvalue weighted by molar-refractivity contribution is 5.74. The molecule has 0 unspecified atom stereocenters. The highest BCUT2D eigenvalue weighted by Crippen LogP contribution is 2.29. The van der Waals surface area contributed by atoms with Gasteiger partial charge in [-0.25, -0.2) is 13.2 Å². The number of rotatable bonds is 10. The summed E-state index contributed by atoms with van der Waals surface area (Å²) in [5, 5.41) is 0. The molecule has 0 saturated heterocycles. The molecule has 0 aliphatic carbocycles. The maximum absolute atomic E-state index is 14.7. The molecule has 0 heterocycles. The molecule has 0 fully saturated rings. The molecule has 0 aliphatic rings. The van der Waals surface area contributed by atoms with Crippen LogP contribution in [-0.4, -0.2) is 6.61 Å². The summed E-state index contributed by atoms with van der Waals surface area (Å²) in [7, 11) is 0. The summed E-state index contributed by atoms with van der Waals surface area (Å²) < 4.78 is 49.9. The Bertz CT molecular complexity index is 1360. The van der Waals surface area contributed by atoms with Crippen LogP contribution in [0.5, 0.6) is 5.75 Å². The van der Waals surface area contributed by atoms with Gasteiger partial charge in [0, 0.05) is 22.8 Å². The smallest absolute Gasteiger partial charge is 0.167 e. The van der Waals surface area contributed by atoms with Gasteiger partial charge in [-0.3, -0.25) is 0 Å². The summed E-state index contributed by atoms with van der Waals surface area (Å²) in [6, 6.07) is 22.6. The van der Waals surface area contributed by atoms with Crippen LogP contribution in [0.3, 0.4) is 0 Å². The van der Waals surface area contributed by atoms with Crippen molar-refractivity contribution < 1.29 is 17.9 Å². The van der Waals surface area contributed by atoms with Crippen molar-refractivity contribution in [3.05, 3.63) is 113 Å². The molecular formula is C33H31F3O. The Kier molecular flexibility index (Phi) is 8.84. The van der Waals surface area contributed by atoms with Gasteiger partial charge in [0.2, 0.25) is 0 Å². The summed E-state index contributed by atoms with van der Waals surface area (Å²) in [4.78, 5) is 0. The van der Waals surface area contributed by atoms with Crippen LogP contribution in [-0.2, 0) is 0 Å². The monoisotopic (exact) mass is 500 g/mol. The standard InChI is InChI=1S/C33H31F3O/c1-3-4-5-6-21-37-28-18-20-29(31(34)22-28)25-14-9-24(10-15-25)11-16-27-17-19-30(33(36)32(27)35)26-12-7-23(2)8-13-26/h7-20,22H,3-6,21H2,1-2H3/b16-11+. The van der Waals surface area contributed by atoms with Gasteiger partial charge in [0.1, 0.15) is 11.6 Å². The third-order valence-corrected chi connectivity index (χ3v) is 6.36. The molecule has 4 rings (SSSR count). The first-order valence-corrected chi connectivity index (χ1v) is 12.7. The van der Waals surface area contributed by atoms with E-state index < -0.39 is 11.6 Å². The molecule has 0 aromatic heterocycles. The van der Waals surface area contributed by atoms with Crippen LogP contribution in [0.2, 0.25) is 0 Å². The average molecular weight is 501 g/mol. The van der Waals surface area contributed by atoms with Crippen molar-refractivity contribution in [3.8, 4) is 28.0 Å². The minimum Gasteiger partial charge on any atom is -0.493 e. The van der Waals surface area contributed by atoms with Crippen LogP contribution in [0.1, 0.15) is 49.3 Å². The fraction of sp³-hybridized carbons (Fsp3) is 0.212. The zero-order valence-electron chi connectivity index (χ0n) is 21.2. The Morgan fingerprint density at radius 2 is 1.35 bits per heavy atom. The Hall–Kier alpha value is -3.79. The molecule has 0 saturated carbocycles. The lowest BCUT2D eigenvalue weighted by Gasteiger charge is -2.09. The SMILES string of the molecule is CCCCCCOc1ccc(-c2ccc(/C=C/c3ccc(-c4ccc(C)cc4)c(F)c3F)cc2)c(F)c1. The van der Waals surface area contributed by atoms with Crippen molar-refractivity contribution in [2.75, 3.05) is 6.61 Å². The van der Waals surface area contributed by atoms with Crippen molar-refractivity contribution in [3.63, 3.8) is 0 Å². The second kappa shape index (κ2) is 12.4. The number of benzene rings is 4. The van der Waals surface area contributed by atoms with E-state index in [1.165, 1.54) is 12.5 Å². The number of hydrogen-bond acceptors (Lipinski definition) is 1. The van der Waals surface area contributed by atoms with Crippen molar-refractivity contribution in [1.82, 2.24) is 0 Å². The molecule has 0 N–H and O–H groups in total. The van der Waals surface area contributed by atoms with Crippen molar-refractivity contribution >= 4 is 12.2 Å². The van der Waals surface area contributed by atoms with Gasteiger partial charge in [0.25, 0.3) is 0 Å². The normalized spacial score (nSPS) is 11.3. The topological polar surface area (TPSA) is 9.23 Å². The van der Waals surface area contributed by atoms with E-state index in [0.29, 0.717) is 23.5 Å². The summed E-state index contributed by atoms with van der Waals surface area (Å²) >= 11 is 0. The molecule has 4 aromatic rings. The molecule has 4 aromatic carbocycles. The maximum atomic E-state index is 14.7. The van der Waals surface area contributed by atoms with Gasteiger partial charge in [-0.1, -0.05) is 105 Å². The van der Waals surface area contributed by atoms with Crippen molar-refractivity contribution in [1.29, 1.82) is 0 Å². The first kappa shape index (κ1) is 26.3. The minimum atomic E-state index is -0.888. The quantitative estimate of drug-likeness (QED) is 0.155. The summed E-state index contributed by atoms with van der Waals surface area (Å²) in [5.41, 5.74) is 4.07. The Labute approximate surface area is 217 Å². The Morgan fingerprint density at radius 1 is 0.676 bits per heavy atom. The van der Waals surface area contributed by atoms with Crippen molar-refractivity contribution in [2.24, 2.45) is 0 Å². The third-order valence-electron chi connectivity index (χ3n) is 6.36. The van der Waals surface area contributed by atoms with E-state index in [2.05, 4.69) is 6.92 Å². The fourth-order valence-corrected chi connectivity index (χ4v) is 4.15. The highest BCUT2D eigenvalue weighted by atomic mass is 19.2. The lowest BCUT2D eigenvalue weighted by atomic mass is 10.0. The number of aryl methyl sites for hydroxylation is 1. The molecule has 0 spiro atoms. The molecule has 0 radical (unpaired) electrons. The van der Waals surface area contributed by atoms with Crippen LogP contribution in [0, 0.1) is 24.4 Å². The second-order valence-electron chi connectivity index (χ2n) is 9.20. The zero-order chi connectivity index (χ0) is 26.2. The minimum absolute atomic E-state index is 0.161. The first-order chi connectivity index (χ1) is 18.0. The number of hydrogen-bond donors (Lipinski definition) is 0. The van der Waals surface area contributed by atoms with Crippen LogP contribution in [0.25, 0.3) is 34.4 Å². The van der Waals surface area contributed by atoms with Crippen LogP contribution >= 0.6 is 0 Å². The van der Waals surface area contributed by atoms with Gasteiger partial charge in [-0.15, -0.1) is 0 Å². The van der Waals surface area contributed by atoms with Gasteiger partial charge < -0.3 is 4.74 Å². The van der Waals surface area contributed by atoms with E-state index in [4.69, 9.17) is 4.74 Å². The van der Waals surface area contributed by atoms with Gasteiger partial charge >= 0.3 is 0 Å². The first-order valence-electron chi connectivity index (χ1n) is 12.7. The molecule has 37 heavy (non-hydrogen) atoms. The van der Waals surface area contributed by atoms with Crippen LogP contribution in [0.4, 0.5) is 13.2 Å². The summed E-state index contributed by atoms with van der Waals surface area (Å²) in [5.74, 6) is -1.58. The molecule has 1 nitrogen and oxygen atoms in total. The van der Waals surface area contributed by atoms with E-state index in [9.17, 15) is 13.2 Å². The number of ether oxygens (including phenoxy) is 1. The molecule has 0 aliphatic heterocycles. The Morgan fingerprint density at radius 3 is 2.05 bits per heavy atom. The predicted molar refractivity (Wildman–Crippen MR) is 147 cm³/mol. The number of unbranched alkanes of at least 4 members (excludes halogenated alkanes) is 3. The van der Waals surface area contributed by atoms with Crippen LogP contribution in [0.15, 0.2) is 78.9 Å². The highest BCUT2D eigenvalue weighted by Gasteiger charge is 2.13. The Balaban J connectivity index is 1.43. The van der Waals surface area contributed by atoms with E-state index in [-0.39, 0.29) is 16.9 Å². The lowest BCUT2D eigenvalue weighted by Crippen LogP contribution is -1.98. The van der Waals surface area contributed by atoms with E-state index in [0.717, 1.165) is 36.0 Å². The van der Waals surface area contributed by atoms with Gasteiger partial charge in [-0.05, 0) is 42.2 Å². The largest absolute Gasteiger partial charge is 0.493 e. The molecule has 4 heteroatoms. The summed E-state index contributed by atoms with van der Waals surface area (Å²) in [6.45, 7) is 4.68. The van der Waals surface area contributed by atoms with E-state index in [1.807, 2.05) is 31.2 Å². The van der Waals surface area contributed by atoms with E-state index in [1.54, 1.807) is 60.7 Å². The zero-order valence-corrected chi connectivity index (χ0v) is 21.2. The molecule has 0 bridgehead atoms.